The minimum Gasteiger partial charge on any atom is -0.360 e. The maximum Gasteiger partial charge on any atom is 0.186 e. The Hall–Kier alpha value is -3.24. The van der Waals surface area contributed by atoms with Crippen LogP contribution in [0.5, 0.6) is 0 Å². The van der Waals surface area contributed by atoms with Crippen molar-refractivity contribution in [2.45, 2.75) is 19.4 Å². The van der Waals surface area contributed by atoms with Gasteiger partial charge in [0.15, 0.2) is 5.78 Å². The number of nitrogens with zero attached hydrogens (tertiary/aromatic N) is 1. The van der Waals surface area contributed by atoms with E-state index in [1.807, 2.05) is 36.4 Å². The lowest BCUT2D eigenvalue weighted by Crippen LogP contribution is -2.30. The van der Waals surface area contributed by atoms with Gasteiger partial charge in [-0.3, -0.25) is 9.78 Å². The van der Waals surface area contributed by atoms with E-state index in [9.17, 15) is 4.79 Å². The second-order valence-electron chi connectivity index (χ2n) is 7.02. The van der Waals surface area contributed by atoms with Crippen molar-refractivity contribution in [3.63, 3.8) is 0 Å². The molecule has 2 aromatic heterocycles. The van der Waals surface area contributed by atoms with E-state index < -0.39 is 6.04 Å². The molecule has 0 fully saturated rings. The Morgan fingerprint density at radius 1 is 1.07 bits per heavy atom. The maximum atomic E-state index is 13.4. The molecule has 0 radical (unpaired) electrons. The standard InChI is InChI=1S/C24H23N3O/c1-17-7-9-18(10-8-17)11-14-26-23(19-5-3-2-4-6-19)24(28)21-16-27-22-12-13-25-15-20(21)22/h2-10,12-13,15-16,23,26-27H,11,14H2,1H3/t23-/m0/s1. The van der Waals surface area contributed by atoms with Crippen LogP contribution in [0, 0.1) is 6.92 Å². The number of fused-ring (bicyclic) bond motifs is 1. The van der Waals surface area contributed by atoms with Crippen molar-refractivity contribution >= 4 is 16.7 Å². The fourth-order valence-electron chi connectivity index (χ4n) is 3.44. The normalized spacial score (nSPS) is 12.2. The molecule has 4 rings (SSSR count). The number of aromatic nitrogens is 2. The fourth-order valence-corrected chi connectivity index (χ4v) is 3.44. The summed E-state index contributed by atoms with van der Waals surface area (Å²) in [7, 11) is 0. The third-order valence-corrected chi connectivity index (χ3v) is 5.03. The summed E-state index contributed by atoms with van der Waals surface area (Å²) in [5, 5.41) is 4.32. The van der Waals surface area contributed by atoms with Crippen LogP contribution in [0.2, 0.25) is 0 Å². The molecule has 140 valence electrons. The molecule has 0 aliphatic rings. The summed E-state index contributed by atoms with van der Waals surface area (Å²) < 4.78 is 0. The first-order chi connectivity index (χ1) is 13.7. The van der Waals surface area contributed by atoms with E-state index in [0.717, 1.165) is 29.4 Å². The highest BCUT2D eigenvalue weighted by Crippen LogP contribution is 2.24. The molecule has 28 heavy (non-hydrogen) atoms. The van der Waals surface area contributed by atoms with Gasteiger partial charge in [0.2, 0.25) is 0 Å². The molecular weight excluding hydrogens is 346 g/mol. The van der Waals surface area contributed by atoms with Crippen LogP contribution in [-0.2, 0) is 6.42 Å². The highest BCUT2D eigenvalue weighted by molar-refractivity contribution is 6.10. The van der Waals surface area contributed by atoms with Crippen LogP contribution in [0.3, 0.4) is 0 Å². The zero-order valence-electron chi connectivity index (χ0n) is 15.9. The van der Waals surface area contributed by atoms with Crippen LogP contribution in [0.25, 0.3) is 10.9 Å². The smallest absolute Gasteiger partial charge is 0.186 e. The van der Waals surface area contributed by atoms with E-state index in [2.05, 4.69) is 46.5 Å². The average Bonchev–Trinajstić information content (AvgIpc) is 3.17. The number of aromatic amines is 1. The van der Waals surface area contributed by atoms with Crippen molar-refractivity contribution in [3.8, 4) is 0 Å². The summed E-state index contributed by atoms with van der Waals surface area (Å²) in [5.41, 5.74) is 5.06. The summed E-state index contributed by atoms with van der Waals surface area (Å²) in [6.45, 7) is 2.80. The van der Waals surface area contributed by atoms with Gasteiger partial charge in [0.1, 0.15) is 0 Å². The Balaban J connectivity index is 1.57. The lowest BCUT2D eigenvalue weighted by atomic mass is 9.97. The lowest BCUT2D eigenvalue weighted by Gasteiger charge is -2.18. The number of rotatable bonds is 7. The van der Waals surface area contributed by atoms with Crippen molar-refractivity contribution in [2.24, 2.45) is 0 Å². The third-order valence-electron chi connectivity index (χ3n) is 5.03. The molecule has 2 N–H and O–H groups in total. The van der Waals surface area contributed by atoms with Gasteiger partial charge >= 0.3 is 0 Å². The van der Waals surface area contributed by atoms with Crippen LogP contribution in [0.1, 0.15) is 33.1 Å². The van der Waals surface area contributed by atoms with Gasteiger partial charge in [0, 0.05) is 41.6 Å². The molecule has 0 saturated carbocycles. The van der Waals surface area contributed by atoms with Crippen molar-refractivity contribution in [3.05, 3.63) is 102 Å². The Bertz CT molecular complexity index is 1070. The second-order valence-corrected chi connectivity index (χ2v) is 7.02. The predicted molar refractivity (Wildman–Crippen MR) is 112 cm³/mol. The lowest BCUT2D eigenvalue weighted by molar-refractivity contribution is 0.0945. The van der Waals surface area contributed by atoms with Crippen molar-refractivity contribution in [2.75, 3.05) is 6.54 Å². The summed E-state index contributed by atoms with van der Waals surface area (Å²) in [5.74, 6) is 0.0503. The maximum absolute atomic E-state index is 13.4. The molecule has 4 nitrogen and oxygen atoms in total. The van der Waals surface area contributed by atoms with Crippen molar-refractivity contribution in [1.82, 2.24) is 15.3 Å². The van der Waals surface area contributed by atoms with Crippen molar-refractivity contribution < 1.29 is 4.79 Å². The number of Topliss-reactive ketones (excluding diaryl/α,β-unsaturated/α-hetero) is 1. The van der Waals surface area contributed by atoms with Crippen LogP contribution in [-0.4, -0.2) is 22.3 Å². The Morgan fingerprint density at radius 3 is 2.64 bits per heavy atom. The summed E-state index contributed by atoms with van der Waals surface area (Å²) in [4.78, 5) is 20.7. The first-order valence-corrected chi connectivity index (χ1v) is 9.51. The van der Waals surface area contributed by atoms with Crippen molar-refractivity contribution in [1.29, 1.82) is 0 Å². The molecule has 1 atom stereocenters. The van der Waals surface area contributed by atoms with Gasteiger partial charge in [-0.1, -0.05) is 60.2 Å². The molecule has 0 spiro atoms. The zero-order valence-corrected chi connectivity index (χ0v) is 15.9. The number of nitrogens with one attached hydrogen (secondary N) is 2. The van der Waals surface area contributed by atoms with E-state index in [0.29, 0.717) is 5.56 Å². The SMILES string of the molecule is Cc1ccc(CCN[C@H](C(=O)c2c[nH]c3ccncc23)c2ccccc2)cc1. The van der Waals surface area contributed by atoms with Crippen LogP contribution in [0.4, 0.5) is 0 Å². The van der Waals surface area contributed by atoms with Crippen LogP contribution in [0.15, 0.2) is 79.3 Å². The second kappa shape index (κ2) is 8.19. The van der Waals surface area contributed by atoms with E-state index in [1.54, 1.807) is 18.6 Å². The highest BCUT2D eigenvalue weighted by Gasteiger charge is 2.23. The highest BCUT2D eigenvalue weighted by atomic mass is 16.1. The molecule has 0 aliphatic heterocycles. The summed E-state index contributed by atoms with van der Waals surface area (Å²) in [6.07, 6.45) is 6.12. The van der Waals surface area contributed by atoms with Gasteiger partial charge in [0.05, 0.1) is 6.04 Å². The number of ketones is 1. The van der Waals surface area contributed by atoms with Gasteiger partial charge in [0.25, 0.3) is 0 Å². The van der Waals surface area contributed by atoms with E-state index in [1.165, 1.54) is 11.1 Å². The number of hydrogen-bond donors (Lipinski definition) is 2. The first-order valence-electron chi connectivity index (χ1n) is 9.51. The molecular formula is C24H23N3O. The van der Waals surface area contributed by atoms with Crippen LogP contribution >= 0.6 is 0 Å². The number of hydrogen-bond acceptors (Lipinski definition) is 3. The van der Waals surface area contributed by atoms with E-state index >= 15 is 0 Å². The van der Waals surface area contributed by atoms with E-state index in [4.69, 9.17) is 0 Å². The molecule has 0 aliphatic carbocycles. The van der Waals surface area contributed by atoms with E-state index in [-0.39, 0.29) is 5.78 Å². The molecule has 0 saturated heterocycles. The molecule has 2 heterocycles. The van der Waals surface area contributed by atoms with Gasteiger partial charge in [-0.05, 0) is 30.5 Å². The monoisotopic (exact) mass is 369 g/mol. The Kier molecular flexibility index (Phi) is 5.31. The van der Waals surface area contributed by atoms with Crippen LogP contribution < -0.4 is 5.32 Å². The minimum atomic E-state index is -0.397. The molecule has 0 unspecified atom stereocenters. The van der Waals surface area contributed by atoms with Gasteiger partial charge in [-0.15, -0.1) is 0 Å². The number of benzene rings is 2. The number of carbonyl (C=O) groups excluding carboxylic acids is 1. The molecule has 0 amide bonds. The number of carbonyl (C=O) groups is 1. The van der Waals surface area contributed by atoms with Gasteiger partial charge < -0.3 is 10.3 Å². The summed E-state index contributed by atoms with van der Waals surface area (Å²) in [6, 6.07) is 19.9. The quantitative estimate of drug-likeness (QED) is 0.467. The summed E-state index contributed by atoms with van der Waals surface area (Å²) >= 11 is 0. The Labute approximate surface area is 164 Å². The number of pyridine rings is 1. The largest absolute Gasteiger partial charge is 0.360 e. The van der Waals surface area contributed by atoms with Gasteiger partial charge in [-0.25, -0.2) is 0 Å². The first kappa shape index (κ1) is 18.1. The third kappa shape index (κ3) is 3.87. The van der Waals surface area contributed by atoms with Gasteiger partial charge in [-0.2, -0.15) is 0 Å². The molecule has 4 heteroatoms. The predicted octanol–water partition coefficient (Wildman–Crippen LogP) is 4.63. The topological polar surface area (TPSA) is 57.8 Å². The fraction of sp³-hybridized carbons (Fsp3) is 0.167. The molecule has 2 aromatic carbocycles. The number of aryl methyl sites for hydroxylation is 1. The Morgan fingerprint density at radius 2 is 1.86 bits per heavy atom. The molecule has 4 aromatic rings. The number of H-pyrrole nitrogens is 1. The molecule has 0 bridgehead atoms. The average molecular weight is 369 g/mol. The minimum absolute atomic E-state index is 0.0503. The zero-order chi connectivity index (χ0) is 19.3.